The van der Waals surface area contributed by atoms with E-state index < -0.39 is 47.8 Å². The number of amides is 3. The number of piperidine rings is 1. The number of benzene rings is 1. The first-order valence-electron chi connectivity index (χ1n) is 8.87. The van der Waals surface area contributed by atoms with Crippen molar-refractivity contribution in [1.29, 1.82) is 0 Å². The summed E-state index contributed by atoms with van der Waals surface area (Å²) in [5.74, 6) is -2.75. The first kappa shape index (κ1) is 19.8. The molecule has 3 rings (SSSR count). The maximum Gasteiger partial charge on any atom is 0.344 e. The number of fused-ring (bicyclic) bond motifs is 1. The first-order valence-corrected chi connectivity index (χ1v) is 8.87. The Morgan fingerprint density at radius 1 is 1.29 bits per heavy atom. The van der Waals surface area contributed by atoms with Crippen LogP contribution in [0.4, 0.5) is 4.39 Å². The third kappa shape index (κ3) is 4.13. The van der Waals surface area contributed by atoms with Crippen molar-refractivity contribution in [1.82, 2.24) is 10.2 Å². The van der Waals surface area contributed by atoms with Gasteiger partial charge in [0, 0.05) is 18.1 Å². The summed E-state index contributed by atoms with van der Waals surface area (Å²) in [6, 6.07) is 1.34. The maximum absolute atomic E-state index is 14.0. The molecule has 2 aliphatic heterocycles. The Morgan fingerprint density at radius 2 is 2.00 bits per heavy atom. The zero-order valence-corrected chi connectivity index (χ0v) is 15.8. The molecule has 28 heavy (non-hydrogen) atoms. The van der Waals surface area contributed by atoms with Crippen molar-refractivity contribution in [2.75, 3.05) is 6.61 Å². The molecule has 1 aromatic carbocycles. The topological polar surface area (TPSA) is 102 Å². The molecule has 0 aromatic heterocycles. The second-order valence-corrected chi connectivity index (χ2v) is 7.71. The fraction of sp³-hybridized carbons (Fsp3) is 0.474. The van der Waals surface area contributed by atoms with E-state index in [0.717, 1.165) is 12.1 Å². The van der Waals surface area contributed by atoms with Crippen molar-refractivity contribution in [3.8, 4) is 5.75 Å². The Kier molecular flexibility index (Phi) is 5.10. The fourth-order valence-corrected chi connectivity index (χ4v) is 3.23. The average molecular weight is 392 g/mol. The van der Waals surface area contributed by atoms with E-state index in [0.29, 0.717) is 5.56 Å². The molecule has 0 spiro atoms. The number of imide groups is 1. The molecule has 1 aromatic rings. The highest BCUT2D eigenvalue weighted by Gasteiger charge is 2.40. The van der Waals surface area contributed by atoms with Gasteiger partial charge in [-0.25, -0.2) is 9.18 Å². The van der Waals surface area contributed by atoms with Gasteiger partial charge in [0.25, 0.3) is 5.91 Å². The molecule has 0 radical (unpaired) electrons. The van der Waals surface area contributed by atoms with Crippen molar-refractivity contribution in [2.24, 2.45) is 0 Å². The van der Waals surface area contributed by atoms with Crippen molar-refractivity contribution < 1.29 is 33.0 Å². The standard InChI is InChI=1S/C19H21FN2O6/c1-19(2,3)28-16(24)9-27-14-7-10(20)6-11-12(14)8-22(18(11)26)13-4-5-15(23)21-17(13)25/h6-7,13H,4-5,8-9H2,1-3H3,(H,21,23,25). The Hall–Kier alpha value is -2.97. The number of rotatable bonds is 4. The minimum Gasteiger partial charge on any atom is -0.481 e. The van der Waals surface area contributed by atoms with E-state index in [2.05, 4.69) is 5.32 Å². The van der Waals surface area contributed by atoms with Crippen LogP contribution >= 0.6 is 0 Å². The van der Waals surface area contributed by atoms with Crippen LogP contribution in [0.25, 0.3) is 0 Å². The summed E-state index contributed by atoms with van der Waals surface area (Å²) >= 11 is 0. The van der Waals surface area contributed by atoms with E-state index in [4.69, 9.17) is 9.47 Å². The highest BCUT2D eigenvalue weighted by Crippen LogP contribution is 2.34. The molecule has 1 saturated heterocycles. The number of nitrogens with one attached hydrogen (secondary N) is 1. The smallest absolute Gasteiger partial charge is 0.344 e. The van der Waals surface area contributed by atoms with Gasteiger partial charge in [-0.05, 0) is 33.3 Å². The Morgan fingerprint density at radius 3 is 2.64 bits per heavy atom. The third-order valence-electron chi connectivity index (χ3n) is 4.35. The summed E-state index contributed by atoms with van der Waals surface area (Å²) in [4.78, 5) is 49.3. The van der Waals surface area contributed by atoms with Crippen LogP contribution in [0.3, 0.4) is 0 Å². The third-order valence-corrected chi connectivity index (χ3v) is 4.35. The van der Waals surface area contributed by atoms with E-state index >= 15 is 0 Å². The fourth-order valence-electron chi connectivity index (χ4n) is 3.23. The van der Waals surface area contributed by atoms with Gasteiger partial charge in [-0.1, -0.05) is 0 Å². The average Bonchev–Trinajstić information content (AvgIpc) is 2.88. The molecule has 2 aliphatic rings. The number of carbonyl (C=O) groups is 4. The summed E-state index contributed by atoms with van der Waals surface area (Å²) < 4.78 is 24.6. The first-order chi connectivity index (χ1) is 13.0. The van der Waals surface area contributed by atoms with E-state index in [-0.39, 0.29) is 30.7 Å². The lowest BCUT2D eigenvalue weighted by Gasteiger charge is -2.29. The zero-order valence-electron chi connectivity index (χ0n) is 15.8. The lowest BCUT2D eigenvalue weighted by Crippen LogP contribution is -2.52. The van der Waals surface area contributed by atoms with E-state index in [1.165, 1.54) is 4.90 Å². The summed E-state index contributed by atoms with van der Waals surface area (Å²) in [6.45, 7) is 4.70. The maximum atomic E-state index is 14.0. The largest absolute Gasteiger partial charge is 0.481 e. The van der Waals surface area contributed by atoms with Crippen molar-refractivity contribution in [2.45, 2.75) is 51.8 Å². The van der Waals surface area contributed by atoms with Crippen LogP contribution < -0.4 is 10.1 Å². The van der Waals surface area contributed by atoms with Gasteiger partial charge < -0.3 is 14.4 Å². The van der Waals surface area contributed by atoms with Crippen LogP contribution in [0.1, 0.15) is 49.5 Å². The SMILES string of the molecule is CC(C)(C)OC(=O)COc1cc(F)cc2c1CN(C1CCC(=O)NC1=O)C2=O. The monoisotopic (exact) mass is 392 g/mol. The van der Waals surface area contributed by atoms with Crippen LogP contribution in [0.2, 0.25) is 0 Å². The van der Waals surface area contributed by atoms with Gasteiger partial charge in [0.2, 0.25) is 11.8 Å². The number of halogens is 1. The molecule has 0 saturated carbocycles. The Labute approximate surface area is 161 Å². The summed E-state index contributed by atoms with van der Waals surface area (Å²) in [6.07, 6.45) is 0.313. The molecular formula is C19H21FN2O6. The number of hydrogen-bond acceptors (Lipinski definition) is 6. The summed E-state index contributed by atoms with van der Waals surface area (Å²) in [5, 5.41) is 2.20. The van der Waals surface area contributed by atoms with Gasteiger partial charge in [-0.3, -0.25) is 19.7 Å². The summed E-state index contributed by atoms with van der Waals surface area (Å²) in [5.41, 5.74) is -0.230. The number of esters is 1. The molecular weight excluding hydrogens is 371 g/mol. The van der Waals surface area contributed by atoms with E-state index in [1.54, 1.807) is 20.8 Å². The molecule has 9 heteroatoms. The van der Waals surface area contributed by atoms with Crippen LogP contribution in [0.5, 0.6) is 5.75 Å². The second-order valence-electron chi connectivity index (χ2n) is 7.71. The molecule has 0 bridgehead atoms. The molecule has 150 valence electrons. The summed E-state index contributed by atoms with van der Waals surface area (Å²) in [7, 11) is 0. The van der Waals surface area contributed by atoms with Gasteiger partial charge in [0.15, 0.2) is 6.61 Å². The molecule has 0 aliphatic carbocycles. The minimum atomic E-state index is -0.820. The zero-order chi connectivity index (χ0) is 20.6. The van der Waals surface area contributed by atoms with Crippen molar-refractivity contribution in [3.63, 3.8) is 0 Å². The van der Waals surface area contributed by atoms with Crippen molar-refractivity contribution in [3.05, 3.63) is 29.1 Å². The quantitative estimate of drug-likeness (QED) is 0.612. The predicted octanol–water partition coefficient (Wildman–Crippen LogP) is 1.31. The van der Waals surface area contributed by atoms with E-state index in [1.807, 2.05) is 0 Å². The van der Waals surface area contributed by atoms with Gasteiger partial charge >= 0.3 is 5.97 Å². The van der Waals surface area contributed by atoms with Gasteiger partial charge in [-0.15, -0.1) is 0 Å². The number of carbonyl (C=O) groups excluding carboxylic acids is 4. The van der Waals surface area contributed by atoms with Gasteiger partial charge in [-0.2, -0.15) is 0 Å². The normalized spacial score (nSPS) is 19.4. The second kappa shape index (κ2) is 7.21. The number of nitrogens with zero attached hydrogens (tertiary/aromatic N) is 1. The lowest BCUT2D eigenvalue weighted by molar-refractivity contribution is -0.157. The molecule has 8 nitrogen and oxygen atoms in total. The highest BCUT2D eigenvalue weighted by molar-refractivity contribution is 6.05. The van der Waals surface area contributed by atoms with Crippen LogP contribution in [-0.4, -0.2) is 46.8 Å². The molecule has 1 atom stereocenters. The molecule has 3 amide bonds. The van der Waals surface area contributed by atoms with Gasteiger partial charge in [0.1, 0.15) is 23.2 Å². The van der Waals surface area contributed by atoms with Crippen LogP contribution in [0, 0.1) is 5.82 Å². The predicted molar refractivity (Wildman–Crippen MR) is 93.8 cm³/mol. The van der Waals surface area contributed by atoms with Crippen LogP contribution in [0.15, 0.2) is 12.1 Å². The molecule has 2 heterocycles. The Bertz CT molecular complexity index is 861. The minimum absolute atomic E-state index is 0.0182. The molecule has 1 fully saturated rings. The van der Waals surface area contributed by atoms with Gasteiger partial charge in [0.05, 0.1) is 12.1 Å². The Balaban J connectivity index is 1.79. The molecule has 1 N–H and O–H groups in total. The lowest BCUT2D eigenvalue weighted by atomic mass is 10.0. The van der Waals surface area contributed by atoms with E-state index in [9.17, 15) is 23.6 Å². The van der Waals surface area contributed by atoms with Crippen LogP contribution in [-0.2, 0) is 25.7 Å². The molecule has 1 unspecified atom stereocenters. The highest BCUT2D eigenvalue weighted by atomic mass is 19.1. The number of hydrogen-bond donors (Lipinski definition) is 1. The van der Waals surface area contributed by atoms with Crippen molar-refractivity contribution >= 4 is 23.7 Å². The number of ether oxygens (including phenoxy) is 2.